The zero-order valence-electron chi connectivity index (χ0n) is 7.37. The highest BCUT2D eigenvalue weighted by atomic mass is 19.1. The number of methoxy groups -OCH3 is 1. The molecule has 2 aromatic heterocycles. The third-order valence-electron chi connectivity index (χ3n) is 1.92. The minimum atomic E-state index is -0.773. The van der Waals surface area contributed by atoms with Gasteiger partial charge in [0.2, 0.25) is 0 Å². The number of nitrogens with zero attached hydrogens (tertiary/aromatic N) is 1. The van der Waals surface area contributed by atoms with E-state index in [4.69, 9.17) is 0 Å². The fraction of sp³-hybridized carbons (Fsp3) is 0.111. The van der Waals surface area contributed by atoms with E-state index in [0.29, 0.717) is 10.9 Å². The first-order chi connectivity index (χ1) is 6.74. The van der Waals surface area contributed by atoms with Crippen LogP contribution in [0.2, 0.25) is 0 Å². The van der Waals surface area contributed by atoms with Crippen molar-refractivity contribution < 1.29 is 13.9 Å². The van der Waals surface area contributed by atoms with Crippen molar-refractivity contribution >= 4 is 16.9 Å². The first kappa shape index (κ1) is 8.68. The smallest absolute Gasteiger partial charge is 0.359 e. The van der Waals surface area contributed by atoms with Crippen LogP contribution >= 0.6 is 0 Å². The number of rotatable bonds is 1. The molecule has 5 heteroatoms. The molecule has 0 fully saturated rings. The van der Waals surface area contributed by atoms with Crippen molar-refractivity contribution in [3.8, 4) is 0 Å². The average Bonchev–Trinajstić information content (AvgIpc) is 2.66. The Morgan fingerprint density at radius 2 is 2.43 bits per heavy atom. The number of H-pyrrole nitrogens is 1. The van der Waals surface area contributed by atoms with Crippen LogP contribution in [0.5, 0.6) is 0 Å². The number of hydrogen-bond donors (Lipinski definition) is 1. The van der Waals surface area contributed by atoms with Crippen LogP contribution in [0.1, 0.15) is 10.5 Å². The normalized spacial score (nSPS) is 10.4. The van der Waals surface area contributed by atoms with Crippen LogP contribution in [-0.2, 0) is 4.74 Å². The zero-order chi connectivity index (χ0) is 10.1. The number of carbonyl (C=O) groups is 1. The summed E-state index contributed by atoms with van der Waals surface area (Å²) in [5.74, 6) is -1.43. The van der Waals surface area contributed by atoms with Gasteiger partial charge in [-0.15, -0.1) is 0 Å². The zero-order valence-corrected chi connectivity index (χ0v) is 7.37. The summed E-state index contributed by atoms with van der Waals surface area (Å²) in [7, 11) is 1.19. The maximum Gasteiger partial charge on any atom is 0.359 e. The Morgan fingerprint density at radius 1 is 1.64 bits per heavy atom. The van der Waals surface area contributed by atoms with Crippen LogP contribution in [0.4, 0.5) is 4.39 Å². The number of nitrogens with one attached hydrogen (secondary N) is 1. The number of ether oxygens (including phenoxy) is 1. The fourth-order valence-electron chi connectivity index (χ4n) is 1.23. The van der Waals surface area contributed by atoms with E-state index >= 15 is 0 Å². The quantitative estimate of drug-likeness (QED) is 0.699. The summed E-state index contributed by atoms with van der Waals surface area (Å²) < 4.78 is 17.9. The maximum absolute atomic E-state index is 13.6. The first-order valence-corrected chi connectivity index (χ1v) is 3.94. The molecule has 0 unspecified atom stereocenters. The Hall–Kier alpha value is -1.91. The van der Waals surface area contributed by atoms with Crippen molar-refractivity contribution in [1.29, 1.82) is 0 Å². The molecule has 0 saturated heterocycles. The van der Waals surface area contributed by atoms with Gasteiger partial charge in [-0.25, -0.2) is 14.2 Å². The lowest BCUT2D eigenvalue weighted by atomic mass is 10.2. The van der Waals surface area contributed by atoms with Crippen molar-refractivity contribution in [2.24, 2.45) is 0 Å². The van der Waals surface area contributed by atoms with Crippen LogP contribution in [0.15, 0.2) is 18.5 Å². The van der Waals surface area contributed by atoms with Gasteiger partial charge in [-0.1, -0.05) is 0 Å². The number of aromatic amines is 1. The van der Waals surface area contributed by atoms with E-state index in [2.05, 4.69) is 14.7 Å². The number of fused-ring (bicyclic) bond motifs is 1. The number of esters is 1. The third kappa shape index (κ3) is 1.14. The van der Waals surface area contributed by atoms with Gasteiger partial charge in [0, 0.05) is 11.6 Å². The lowest BCUT2D eigenvalue weighted by molar-refractivity contribution is 0.0589. The molecule has 0 bridgehead atoms. The third-order valence-corrected chi connectivity index (χ3v) is 1.92. The second kappa shape index (κ2) is 3.10. The topological polar surface area (TPSA) is 55.0 Å². The molecule has 0 radical (unpaired) electrons. The second-order valence-corrected chi connectivity index (χ2v) is 2.72. The van der Waals surface area contributed by atoms with E-state index in [0.717, 1.165) is 0 Å². The molecular weight excluding hydrogens is 187 g/mol. The van der Waals surface area contributed by atoms with E-state index in [1.165, 1.54) is 13.3 Å². The molecule has 2 heterocycles. The number of carbonyl (C=O) groups excluding carboxylic acids is 1. The van der Waals surface area contributed by atoms with Gasteiger partial charge < -0.3 is 9.72 Å². The minimum absolute atomic E-state index is 0.292. The van der Waals surface area contributed by atoms with Gasteiger partial charge in [-0.2, -0.15) is 0 Å². The number of pyridine rings is 1. The van der Waals surface area contributed by atoms with Crippen LogP contribution < -0.4 is 0 Å². The molecule has 14 heavy (non-hydrogen) atoms. The highest BCUT2D eigenvalue weighted by molar-refractivity contribution is 5.92. The summed E-state index contributed by atoms with van der Waals surface area (Å²) in [6, 6.07) is 1.54. The Kier molecular flexibility index (Phi) is 1.92. The van der Waals surface area contributed by atoms with Crippen molar-refractivity contribution in [2.45, 2.75) is 0 Å². The number of hydrogen-bond acceptors (Lipinski definition) is 3. The molecule has 0 atom stereocenters. The Morgan fingerprint density at radius 3 is 3.14 bits per heavy atom. The Bertz CT molecular complexity index is 493. The van der Waals surface area contributed by atoms with Gasteiger partial charge in [0.25, 0.3) is 0 Å². The molecule has 2 rings (SSSR count). The van der Waals surface area contributed by atoms with Gasteiger partial charge in [0.05, 0.1) is 18.8 Å². The number of halogens is 1. The highest BCUT2D eigenvalue weighted by Gasteiger charge is 2.16. The fourth-order valence-corrected chi connectivity index (χ4v) is 1.23. The van der Waals surface area contributed by atoms with E-state index in [1.807, 2.05) is 0 Å². The lowest BCUT2D eigenvalue weighted by Crippen LogP contribution is -2.07. The molecule has 2 aromatic rings. The molecule has 0 aromatic carbocycles. The summed E-state index contributed by atoms with van der Waals surface area (Å²) in [5, 5.41) is 0.334. The minimum Gasteiger partial charge on any atom is -0.464 e. The van der Waals surface area contributed by atoms with E-state index in [9.17, 15) is 9.18 Å². The molecule has 0 amide bonds. The second-order valence-electron chi connectivity index (χ2n) is 2.72. The molecule has 0 spiro atoms. The van der Waals surface area contributed by atoms with Crippen LogP contribution in [-0.4, -0.2) is 23.0 Å². The monoisotopic (exact) mass is 194 g/mol. The summed E-state index contributed by atoms with van der Waals surface area (Å²) in [5.41, 5.74) is 0.259. The highest BCUT2D eigenvalue weighted by Crippen LogP contribution is 2.18. The molecule has 0 saturated carbocycles. The molecule has 4 nitrogen and oxygen atoms in total. The van der Waals surface area contributed by atoms with Crippen molar-refractivity contribution in [1.82, 2.24) is 9.97 Å². The average molecular weight is 194 g/mol. The van der Waals surface area contributed by atoms with Gasteiger partial charge in [-0.05, 0) is 6.07 Å². The van der Waals surface area contributed by atoms with E-state index < -0.39 is 11.8 Å². The SMILES string of the molecule is COC(=O)c1ncc2[nH]ccc2c1F. The summed E-state index contributed by atoms with van der Waals surface area (Å²) in [6.45, 7) is 0. The number of aromatic nitrogens is 2. The van der Waals surface area contributed by atoms with Gasteiger partial charge >= 0.3 is 5.97 Å². The molecule has 1 N–H and O–H groups in total. The van der Waals surface area contributed by atoms with Crippen molar-refractivity contribution in [2.75, 3.05) is 7.11 Å². The standard InChI is InChI=1S/C9H7FN2O2/c1-14-9(13)8-7(10)5-2-3-11-6(5)4-12-8/h2-4,11H,1H3. The maximum atomic E-state index is 13.6. The summed E-state index contributed by atoms with van der Waals surface area (Å²) in [6.07, 6.45) is 2.97. The van der Waals surface area contributed by atoms with Crippen LogP contribution in [0, 0.1) is 5.82 Å². The first-order valence-electron chi connectivity index (χ1n) is 3.94. The molecular formula is C9H7FN2O2. The van der Waals surface area contributed by atoms with Gasteiger partial charge in [0.1, 0.15) is 0 Å². The van der Waals surface area contributed by atoms with Crippen LogP contribution in [0.3, 0.4) is 0 Å². The summed E-state index contributed by atoms with van der Waals surface area (Å²) >= 11 is 0. The van der Waals surface area contributed by atoms with Crippen LogP contribution in [0.25, 0.3) is 10.9 Å². The molecule has 0 aliphatic heterocycles. The van der Waals surface area contributed by atoms with E-state index in [-0.39, 0.29) is 5.69 Å². The lowest BCUT2D eigenvalue weighted by Gasteiger charge is -2.00. The Labute approximate surface area is 78.7 Å². The summed E-state index contributed by atoms with van der Waals surface area (Å²) in [4.78, 5) is 17.5. The van der Waals surface area contributed by atoms with Crippen molar-refractivity contribution in [3.05, 3.63) is 30.0 Å². The van der Waals surface area contributed by atoms with Gasteiger partial charge in [0.15, 0.2) is 11.5 Å². The predicted octanol–water partition coefficient (Wildman–Crippen LogP) is 1.49. The molecule has 72 valence electrons. The van der Waals surface area contributed by atoms with Gasteiger partial charge in [-0.3, -0.25) is 0 Å². The van der Waals surface area contributed by atoms with E-state index in [1.54, 1.807) is 12.3 Å². The predicted molar refractivity (Wildman–Crippen MR) is 47.4 cm³/mol. The largest absolute Gasteiger partial charge is 0.464 e. The Balaban J connectivity index is 2.67. The van der Waals surface area contributed by atoms with Crippen molar-refractivity contribution in [3.63, 3.8) is 0 Å². The molecule has 0 aliphatic carbocycles. The molecule has 0 aliphatic rings.